The van der Waals surface area contributed by atoms with Crippen LogP contribution < -0.4 is 10.1 Å². The molecule has 1 heterocycles. The molecule has 0 fully saturated rings. The summed E-state index contributed by atoms with van der Waals surface area (Å²) in [5.41, 5.74) is 5.35. The number of aryl methyl sites for hydroxylation is 1. The van der Waals surface area contributed by atoms with E-state index in [2.05, 4.69) is 36.5 Å². The summed E-state index contributed by atoms with van der Waals surface area (Å²) in [5.74, 6) is -0.0840. The first-order chi connectivity index (χ1) is 19.9. The molecule has 4 aromatic carbocycles. The minimum atomic E-state index is -0.828. The van der Waals surface area contributed by atoms with Gasteiger partial charge in [-0.2, -0.15) is 0 Å². The van der Waals surface area contributed by atoms with Crippen molar-refractivity contribution in [3.05, 3.63) is 124 Å². The van der Waals surface area contributed by atoms with Crippen molar-refractivity contribution in [2.75, 3.05) is 7.11 Å². The summed E-state index contributed by atoms with van der Waals surface area (Å²) < 4.78 is 11.9. The number of carbonyl (C=O) groups excluding carboxylic acids is 2. The Morgan fingerprint density at radius 3 is 2.17 bits per heavy atom. The molecule has 0 spiro atoms. The number of esters is 1. The number of thiophene rings is 1. The fourth-order valence-corrected chi connectivity index (χ4v) is 5.61. The van der Waals surface area contributed by atoms with Gasteiger partial charge in [-0.25, -0.2) is 4.79 Å². The third kappa shape index (κ3) is 7.15. The molecule has 5 rings (SSSR count). The average molecular weight is 584 g/mol. The zero-order valence-corrected chi connectivity index (χ0v) is 24.4. The lowest BCUT2D eigenvalue weighted by molar-refractivity contribution is -0.142. The Morgan fingerprint density at radius 2 is 1.49 bits per heavy atom. The first kappa shape index (κ1) is 28.4. The number of fused-ring (bicyclic) bond motifs is 1. The van der Waals surface area contributed by atoms with Crippen LogP contribution >= 0.6 is 22.9 Å². The Bertz CT molecular complexity index is 1640. The maximum absolute atomic E-state index is 13.2. The highest BCUT2D eigenvalue weighted by Crippen LogP contribution is 2.31. The second-order valence-electron chi connectivity index (χ2n) is 9.73. The van der Waals surface area contributed by atoms with Crippen molar-refractivity contribution in [2.24, 2.45) is 0 Å². The van der Waals surface area contributed by atoms with Crippen LogP contribution in [0.3, 0.4) is 0 Å². The summed E-state index contributed by atoms with van der Waals surface area (Å²) in [7, 11) is 1.32. The number of benzene rings is 4. The van der Waals surface area contributed by atoms with Crippen molar-refractivity contribution in [1.82, 2.24) is 5.32 Å². The number of nitrogens with one attached hydrogen (secondary N) is 1. The van der Waals surface area contributed by atoms with E-state index in [0.717, 1.165) is 44.5 Å². The third-order valence-electron chi connectivity index (χ3n) is 6.91. The Balaban J connectivity index is 1.24. The summed E-state index contributed by atoms with van der Waals surface area (Å²) in [6, 6.07) is 30.7. The number of halogens is 1. The molecule has 5 nitrogen and oxygen atoms in total. The Labute approximate surface area is 248 Å². The second-order valence-corrected chi connectivity index (χ2v) is 11.2. The van der Waals surface area contributed by atoms with Crippen molar-refractivity contribution < 1.29 is 19.1 Å². The maximum Gasteiger partial charge on any atom is 0.328 e. The summed E-state index contributed by atoms with van der Waals surface area (Å²) >= 11 is 7.41. The largest absolute Gasteiger partial charge is 0.489 e. The zero-order valence-electron chi connectivity index (χ0n) is 22.9. The van der Waals surface area contributed by atoms with Gasteiger partial charge in [0, 0.05) is 16.1 Å². The van der Waals surface area contributed by atoms with E-state index in [1.807, 2.05) is 72.8 Å². The highest BCUT2D eigenvalue weighted by atomic mass is 35.5. The highest BCUT2D eigenvalue weighted by Gasteiger charge is 2.24. The number of hydrogen-bond acceptors (Lipinski definition) is 5. The first-order valence-corrected chi connectivity index (χ1v) is 14.6. The van der Waals surface area contributed by atoms with Crippen molar-refractivity contribution in [3.63, 3.8) is 0 Å². The fourth-order valence-electron chi connectivity index (χ4n) is 4.54. The molecule has 0 radical (unpaired) electrons. The second kappa shape index (κ2) is 13.0. The molecule has 0 aliphatic heterocycles. The molecule has 1 unspecified atom stereocenters. The van der Waals surface area contributed by atoms with E-state index in [1.165, 1.54) is 24.0 Å². The molecule has 0 saturated carbocycles. The van der Waals surface area contributed by atoms with E-state index in [1.54, 1.807) is 0 Å². The molecule has 208 valence electrons. The SMILES string of the molecule is CCc1ccc(COc2ccc(CC(NC(=O)c3cc4cc(-c5ccc(Cl)cc5)ccc4s3)C(=O)OC)cc2)cc1. The first-order valence-electron chi connectivity index (χ1n) is 13.4. The van der Waals surface area contributed by atoms with Crippen molar-refractivity contribution in [1.29, 1.82) is 0 Å². The van der Waals surface area contributed by atoms with E-state index in [4.69, 9.17) is 21.1 Å². The Morgan fingerprint density at radius 1 is 0.829 bits per heavy atom. The molecule has 1 aromatic heterocycles. The molecule has 1 atom stereocenters. The highest BCUT2D eigenvalue weighted by molar-refractivity contribution is 7.20. The van der Waals surface area contributed by atoms with Gasteiger partial charge < -0.3 is 14.8 Å². The van der Waals surface area contributed by atoms with E-state index in [9.17, 15) is 9.59 Å². The normalized spacial score (nSPS) is 11.7. The Kier molecular flexibility index (Phi) is 9.02. The standard InChI is InChI=1S/C34H30ClNO4S/c1-3-22-4-6-24(7-5-22)21-40-29-15-8-23(9-16-29)18-30(34(38)39-2)36-33(37)32-20-27-19-26(12-17-31(27)41-32)25-10-13-28(35)14-11-25/h4-17,19-20,30H,3,18,21H2,1-2H3,(H,36,37). The lowest BCUT2D eigenvalue weighted by Crippen LogP contribution is -2.42. The predicted molar refractivity (Wildman–Crippen MR) is 166 cm³/mol. The van der Waals surface area contributed by atoms with Crippen LogP contribution in [0.15, 0.2) is 97.1 Å². The van der Waals surface area contributed by atoms with Crippen LogP contribution in [0.4, 0.5) is 0 Å². The van der Waals surface area contributed by atoms with Crippen LogP contribution in [0.25, 0.3) is 21.2 Å². The fraction of sp³-hybridized carbons (Fsp3) is 0.176. The third-order valence-corrected chi connectivity index (χ3v) is 8.28. The lowest BCUT2D eigenvalue weighted by Gasteiger charge is -2.16. The molecule has 7 heteroatoms. The molecule has 5 aromatic rings. The molecule has 0 bridgehead atoms. The number of ether oxygens (including phenoxy) is 2. The van der Waals surface area contributed by atoms with Crippen LogP contribution in [-0.4, -0.2) is 25.0 Å². The maximum atomic E-state index is 13.2. The van der Waals surface area contributed by atoms with Gasteiger partial charge in [-0.05, 0) is 82.1 Å². The summed E-state index contributed by atoms with van der Waals surface area (Å²) in [6.45, 7) is 2.60. The van der Waals surface area contributed by atoms with E-state index in [-0.39, 0.29) is 5.91 Å². The van der Waals surface area contributed by atoms with E-state index in [0.29, 0.717) is 22.9 Å². The number of hydrogen-bond donors (Lipinski definition) is 1. The van der Waals surface area contributed by atoms with Gasteiger partial charge in [-0.15, -0.1) is 11.3 Å². The van der Waals surface area contributed by atoms with Gasteiger partial charge in [-0.3, -0.25) is 4.79 Å². The monoisotopic (exact) mass is 583 g/mol. The molecule has 0 aliphatic rings. The van der Waals surface area contributed by atoms with Gasteiger partial charge in [0.05, 0.1) is 12.0 Å². The molecular weight excluding hydrogens is 554 g/mol. The van der Waals surface area contributed by atoms with E-state index >= 15 is 0 Å². The molecule has 1 N–H and O–H groups in total. The summed E-state index contributed by atoms with van der Waals surface area (Å²) in [4.78, 5) is 26.3. The van der Waals surface area contributed by atoms with Gasteiger partial charge in [0.1, 0.15) is 18.4 Å². The molecular formula is C34H30ClNO4S. The topological polar surface area (TPSA) is 64.6 Å². The minimum absolute atomic E-state index is 0.294. The summed E-state index contributed by atoms with van der Waals surface area (Å²) in [5, 5.41) is 4.51. The van der Waals surface area contributed by atoms with Gasteiger partial charge in [-0.1, -0.05) is 73.1 Å². The predicted octanol–water partition coefficient (Wildman–Crippen LogP) is 7.88. The van der Waals surface area contributed by atoms with Crippen LogP contribution in [0.1, 0.15) is 33.3 Å². The van der Waals surface area contributed by atoms with Gasteiger partial charge in [0.25, 0.3) is 5.91 Å². The van der Waals surface area contributed by atoms with Crippen molar-refractivity contribution in [3.8, 4) is 16.9 Å². The smallest absolute Gasteiger partial charge is 0.328 e. The number of carbonyl (C=O) groups is 2. The zero-order chi connectivity index (χ0) is 28.8. The van der Waals surface area contributed by atoms with Gasteiger partial charge >= 0.3 is 5.97 Å². The summed E-state index contributed by atoms with van der Waals surface area (Å²) in [6.07, 6.45) is 1.30. The molecule has 1 amide bonds. The van der Waals surface area contributed by atoms with Crippen LogP contribution in [0, 0.1) is 0 Å². The number of rotatable bonds is 10. The Hall–Kier alpha value is -4.13. The molecule has 0 saturated heterocycles. The van der Waals surface area contributed by atoms with Crippen molar-refractivity contribution >= 4 is 44.9 Å². The quantitative estimate of drug-likeness (QED) is 0.170. The lowest BCUT2D eigenvalue weighted by atomic mass is 10.0. The van der Waals surface area contributed by atoms with Crippen LogP contribution in [-0.2, 0) is 29.0 Å². The van der Waals surface area contributed by atoms with Crippen molar-refractivity contribution in [2.45, 2.75) is 32.4 Å². The van der Waals surface area contributed by atoms with Crippen LogP contribution in [0.5, 0.6) is 5.75 Å². The van der Waals surface area contributed by atoms with Crippen LogP contribution in [0.2, 0.25) is 5.02 Å². The minimum Gasteiger partial charge on any atom is -0.489 e. The molecule has 41 heavy (non-hydrogen) atoms. The average Bonchev–Trinajstić information content (AvgIpc) is 3.44. The number of methoxy groups -OCH3 is 1. The molecule has 0 aliphatic carbocycles. The number of amides is 1. The van der Waals surface area contributed by atoms with Gasteiger partial charge in [0.15, 0.2) is 0 Å². The van der Waals surface area contributed by atoms with Gasteiger partial charge in [0.2, 0.25) is 0 Å². The van der Waals surface area contributed by atoms with E-state index < -0.39 is 12.0 Å².